The molecule has 0 saturated heterocycles. The van der Waals surface area contributed by atoms with Gasteiger partial charge in [0, 0.05) is 16.0 Å². The van der Waals surface area contributed by atoms with Crippen molar-refractivity contribution < 1.29 is 5.11 Å². The predicted octanol–water partition coefficient (Wildman–Crippen LogP) is 3.43. The second kappa shape index (κ2) is 6.30. The third-order valence-electron chi connectivity index (χ3n) is 3.50. The highest BCUT2D eigenvalue weighted by atomic mass is 79.9. The Balaban J connectivity index is 1.67. The van der Waals surface area contributed by atoms with Gasteiger partial charge in [0.05, 0.1) is 28.5 Å². The summed E-state index contributed by atoms with van der Waals surface area (Å²) in [5, 5.41) is 21.4. The van der Waals surface area contributed by atoms with Gasteiger partial charge in [-0.3, -0.25) is 5.43 Å². The number of aryl methyl sites for hydroxylation is 1. The number of rotatable bonds is 4. The van der Waals surface area contributed by atoms with Crippen LogP contribution in [0.1, 0.15) is 11.3 Å². The zero-order chi connectivity index (χ0) is 17.4. The van der Waals surface area contributed by atoms with Gasteiger partial charge in [0.1, 0.15) is 0 Å². The van der Waals surface area contributed by atoms with Crippen LogP contribution in [-0.2, 0) is 0 Å². The number of hydrogen-bond donors (Lipinski definition) is 3. The van der Waals surface area contributed by atoms with E-state index in [1.54, 1.807) is 13.1 Å². The Morgan fingerprint density at radius 2 is 2.32 bits per heavy atom. The minimum atomic E-state index is -0.0414. The minimum absolute atomic E-state index is 0.0414. The monoisotopic (exact) mass is 417 g/mol. The maximum atomic E-state index is 10.5. The Labute approximate surface area is 154 Å². The van der Waals surface area contributed by atoms with E-state index in [0.29, 0.717) is 22.3 Å². The molecule has 25 heavy (non-hydrogen) atoms. The third kappa shape index (κ3) is 3.01. The number of thiazole rings is 1. The van der Waals surface area contributed by atoms with Gasteiger partial charge in [-0.15, -0.1) is 11.3 Å². The van der Waals surface area contributed by atoms with E-state index in [9.17, 15) is 5.11 Å². The molecule has 126 valence electrons. The third-order valence-corrected chi connectivity index (χ3v) is 4.67. The van der Waals surface area contributed by atoms with E-state index in [2.05, 4.69) is 46.5 Å². The number of aromatic amines is 1. The van der Waals surface area contributed by atoms with Gasteiger partial charge in [0.25, 0.3) is 0 Å². The molecule has 3 heterocycles. The highest BCUT2D eigenvalue weighted by Gasteiger charge is 2.17. The van der Waals surface area contributed by atoms with Gasteiger partial charge < -0.3 is 10.1 Å². The van der Waals surface area contributed by atoms with Crippen molar-refractivity contribution in [2.24, 2.45) is 5.10 Å². The number of H-pyrrole nitrogens is 1. The number of anilines is 1. The van der Waals surface area contributed by atoms with Gasteiger partial charge in [0.2, 0.25) is 17.0 Å². The largest absolute Gasteiger partial charge is 0.493 e. The first-order chi connectivity index (χ1) is 12.1. The van der Waals surface area contributed by atoms with E-state index in [-0.39, 0.29) is 5.88 Å². The molecule has 3 N–H and O–H groups in total. The van der Waals surface area contributed by atoms with Gasteiger partial charge in [-0.2, -0.15) is 14.9 Å². The van der Waals surface area contributed by atoms with Gasteiger partial charge >= 0.3 is 0 Å². The van der Waals surface area contributed by atoms with Crippen molar-refractivity contribution in [3.8, 4) is 11.8 Å². The summed E-state index contributed by atoms with van der Waals surface area (Å²) in [5.74, 6) is 0.390. The molecule has 0 aliphatic carbocycles. The molecule has 3 aromatic heterocycles. The fourth-order valence-electron chi connectivity index (χ4n) is 2.32. The molecule has 0 aliphatic rings. The van der Waals surface area contributed by atoms with E-state index in [1.807, 2.05) is 23.6 Å². The molecule has 0 amide bonds. The number of hydrogen-bond acceptors (Lipinski definition) is 7. The van der Waals surface area contributed by atoms with E-state index < -0.39 is 0 Å². The molecule has 0 aliphatic heterocycles. The number of hydrazone groups is 1. The number of nitrogens with one attached hydrogen (secondary N) is 2. The number of halogens is 1. The summed E-state index contributed by atoms with van der Waals surface area (Å²) in [5.41, 5.74) is 5.57. The van der Waals surface area contributed by atoms with E-state index in [4.69, 9.17) is 0 Å². The topological polar surface area (TPSA) is 104 Å². The summed E-state index contributed by atoms with van der Waals surface area (Å²) in [6.45, 7) is 1.79. The maximum absolute atomic E-state index is 10.5. The van der Waals surface area contributed by atoms with Crippen molar-refractivity contribution in [3.63, 3.8) is 0 Å². The summed E-state index contributed by atoms with van der Waals surface area (Å²) < 4.78 is 2.29. The average molecular weight is 418 g/mol. The highest BCUT2D eigenvalue weighted by Crippen LogP contribution is 2.24. The Morgan fingerprint density at radius 3 is 3.12 bits per heavy atom. The van der Waals surface area contributed by atoms with Crippen LogP contribution in [0.4, 0.5) is 5.13 Å². The summed E-state index contributed by atoms with van der Waals surface area (Å²) >= 11 is 4.85. The molecule has 0 spiro atoms. The van der Waals surface area contributed by atoms with Gasteiger partial charge in [-0.25, -0.2) is 9.97 Å². The van der Waals surface area contributed by atoms with Crippen molar-refractivity contribution in [2.45, 2.75) is 6.92 Å². The number of aromatic nitrogens is 5. The molecule has 10 heteroatoms. The van der Waals surface area contributed by atoms with E-state index in [0.717, 1.165) is 15.5 Å². The quantitative estimate of drug-likeness (QED) is 0.348. The summed E-state index contributed by atoms with van der Waals surface area (Å²) in [6, 6.07) is 5.72. The predicted molar refractivity (Wildman–Crippen MR) is 101 cm³/mol. The Hall–Kier alpha value is -2.72. The molecule has 0 saturated carbocycles. The number of imidazole rings is 1. The van der Waals surface area contributed by atoms with Crippen LogP contribution in [0.25, 0.3) is 17.0 Å². The summed E-state index contributed by atoms with van der Waals surface area (Å²) in [4.78, 5) is 11.7. The number of fused-ring (bicyclic) bond motifs is 1. The molecular formula is C15H12BrN7OS. The first-order valence-corrected chi connectivity index (χ1v) is 8.92. The molecule has 4 rings (SSSR count). The molecule has 0 unspecified atom stereocenters. The van der Waals surface area contributed by atoms with Crippen molar-refractivity contribution in [3.05, 3.63) is 45.5 Å². The fourth-order valence-corrected chi connectivity index (χ4v) is 3.15. The van der Waals surface area contributed by atoms with Crippen molar-refractivity contribution in [1.82, 2.24) is 24.7 Å². The Kier molecular flexibility index (Phi) is 3.98. The lowest BCUT2D eigenvalue weighted by Gasteiger charge is -1.97. The second-order valence-electron chi connectivity index (χ2n) is 5.16. The number of nitrogens with zero attached hydrogens (tertiary/aromatic N) is 5. The fraction of sp³-hybridized carbons (Fsp3) is 0.0667. The van der Waals surface area contributed by atoms with E-state index in [1.165, 1.54) is 22.2 Å². The normalized spacial score (nSPS) is 11.6. The Bertz CT molecular complexity index is 1070. The van der Waals surface area contributed by atoms with Crippen LogP contribution in [-0.4, -0.2) is 36.1 Å². The molecule has 4 aromatic rings. The number of aromatic hydroxyl groups is 1. The first-order valence-electron chi connectivity index (χ1n) is 7.24. The summed E-state index contributed by atoms with van der Waals surface area (Å²) in [6.07, 6.45) is 3.19. The second-order valence-corrected chi connectivity index (χ2v) is 6.97. The van der Waals surface area contributed by atoms with Crippen LogP contribution in [0.2, 0.25) is 0 Å². The van der Waals surface area contributed by atoms with Crippen LogP contribution < -0.4 is 5.43 Å². The molecule has 0 radical (unpaired) electrons. The Morgan fingerprint density at radius 1 is 1.44 bits per heavy atom. The van der Waals surface area contributed by atoms with Crippen LogP contribution in [0.3, 0.4) is 0 Å². The van der Waals surface area contributed by atoms with Crippen molar-refractivity contribution in [1.29, 1.82) is 0 Å². The van der Waals surface area contributed by atoms with Gasteiger partial charge in [-0.1, -0.05) is 15.9 Å². The van der Waals surface area contributed by atoms with Crippen molar-refractivity contribution >= 4 is 49.6 Å². The van der Waals surface area contributed by atoms with Crippen LogP contribution in [0, 0.1) is 6.92 Å². The molecule has 0 fully saturated rings. The SMILES string of the molecule is Cc1nn(-c2nc3cc(Br)ccc3[nH]2)c(O)c1C=NNc1nccs1. The van der Waals surface area contributed by atoms with Crippen LogP contribution in [0.15, 0.2) is 39.4 Å². The smallest absolute Gasteiger partial charge is 0.232 e. The molecule has 8 nitrogen and oxygen atoms in total. The molecule has 1 aromatic carbocycles. The zero-order valence-corrected chi connectivity index (χ0v) is 15.3. The lowest BCUT2D eigenvalue weighted by molar-refractivity contribution is 0.430. The van der Waals surface area contributed by atoms with Crippen molar-refractivity contribution in [2.75, 3.05) is 5.43 Å². The molecular weight excluding hydrogens is 406 g/mol. The lowest BCUT2D eigenvalue weighted by Crippen LogP contribution is -1.98. The van der Waals surface area contributed by atoms with Crippen LogP contribution in [0.5, 0.6) is 5.88 Å². The average Bonchev–Trinajstić information content (AvgIpc) is 3.29. The molecule has 0 atom stereocenters. The standard InChI is InChI=1S/C15H12BrN7OS/c1-8-10(7-18-21-15-17-4-5-25-15)13(24)23(22-8)14-19-11-3-2-9(16)6-12(11)20-14/h2-7,24H,1H3,(H,17,21)(H,19,20). The molecule has 0 bridgehead atoms. The first kappa shape index (κ1) is 15.8. The highest BCUT2D eigenvalue weighted by molar-refractivity contribution is 9.10. The maximum Gasteiger partial charge on any atom is 0.232 e. The zero-order valence-electron chi connectivity index (χ0n) is 12.9. The number of benzene rings is 1. The van der Waals surface area contributed by atoms with Gasteiger partial charge in [0.15, 0.2) is 0 Å². The van der Waals surface area contributed by atoms with E-state index >= 15 is 0 Å². The lowest BCUT2D eigenvalue weighted by atomic mass is 10.3. The summed E-state index contributed by atoms with van der Waals surface area (Å²) in [7, 11) is 0. The van der Waals surface area contributed by atoms with Gasteiger partial charge in [-0.05, 0) is 25.1 Å². The minimum Gasteiger partial charge on any atom is -0.493 e. The van der Waals surface area contributed by atoms with Crippen LogP contribution >= 0.6 is 27.3 Å².